The standard InChI is InChI=1S/C9H8Br2F3NO2S/c10-5-3-6(18-7(5)11)8(16)15-1-2-17-4-9(12,13)14/h3H,1-2,4H2,(H,15,16). The minimum absolute atomic E-state index is 0.0298. The Bertz CT molecular complexity index is 403. The van der Waals surface area contributed by atoms with Crippen molar-refractivity contribution >= 4 is 49.1 Å². The third-order valence-electron chi connectivity index (χ3n) is 1.67. The van der Waals surface area contributed by atoms with E-state index in [1.165, 1.54) is 11.3 Å². The average molecular weight is 411 g/mol. The third-order valence-corrected chi connectivity index (χ3v) is 4.92. The van der Waals surface area contributed by atoms with E-state index in [9.17, 15) is 18.0 Å². The van der Waals surface area contributed by atoms with Gasteiger partial charge in [-0.3, -0.25) is 4.79 Å². The van der Waals surface area contributed by atoms with Gasteiger partial charge in [-0.05, 0) is 37.9 Å². The maximum atomic E-state index is 11.7. The summed E-state index contributed by atoms with van der Waals surface area (Å²) in [5, 5.41) is 2.46. The van der Waals surface area contributed by atoms with Crippen LogP contribution in [0, 0.1) is 0 Å². The van der Waals surface area contributed by atoms with E-state index in [1.807, 2.05) is 0 Å². The first-order valence-electron chi connectivity index (χ1n) is 4.67. The molecule has 0 aromatic carbocycles. The van der Waals surface area contributed by atoms with E-state index < -0.39 is 12.8 Å². The molecule has 9 heteroatoms. The molecule has 102 valence electrons. The highest BCUT2D eigenvalue weighted by Crippen LogP contribution is 2.32. The van der Waals surface area contributed by atoms with E-state index in [2.05, 4.69) is 41.9 Å². The fourth-order valence-electron chi connectivity index (χ4n) is 0.970. The quantitative estimate of drug-likeness (QED) is 0.753. The van der Waals surface area contributed by atoms with Crippen LogP contribution in [0.5, 0.6) is 0 Å². The second kappa shape index (κ2) is 6.88. The van der Waals surface area contributed by atoms with Crippen LogP contribution in [-0.4, -0.2) is 31.8 Å². The van der Waals surface area contributed by atoms with Gasteiger partial charge >= 0.3 is 6.18 Å². The van der Waals surface area contributed by atoms with E-state index in [0.717, 1.165) is 8.26 Å². The topological polar surface area (TPSA) is 38.3 Å². The van der Waals surface area contributed by atoms with Crippen molar-refractivity contribution in [3.05, 3.63) is 19.2 Å². The number of nitrogens with one attached hydrogen (secondary N) is 1. The lowest BCUT2D eigenvalue weighted by molar-refractivity contribution is -0.173. The second-order valence-corrected chi connectivity index (χ2v) is 6.38. The number of hydrogen-bond donors (Lipinski definition) is 1. The molecule has 1 amide bonds. The Kier molecular flexibility index (Phi) is 6.09. The molecule has 0 spiro atoms. The van der Waals surface area contributed by atoms with E-state index in [4.69, 9.17) is 0 Å². The van der Waals surface area contributed by atoms with Gasteiger partial charge in [0.15, 0.2) is 0 Å². The van der Waals surface area contributed by atoms with E-state index in [1.54, 1.807) is 6.07 Å². The van der Waals surface area contributed by atoms with Gasteiger partial charge in [-0.25, -0.2) is 0 Å². The van der Waals surface area contributed by atoms with Crippen LogP contribution < -0.4 is 5.32 Å². The molecular weight excluding hydrogens is 403 g/mol. The molecule has 3 nitrogen and oxygen atoms in total. The zero-order chi connectivity index (χ0) is 13.8. The predicted octanol–water partition coefficient (Wildman–Crippen LogP) is 3.58. The zero-order valence-electron chi connectivity index (χ0n) is 8.81. The van der Waals surface area contributed by atoms with Crippen molar-refractivity contribution in [3.63, 3.8) is 0 Å². The molecule has 1 N–H and O–H groups in total. The first-order valence-corrected chi connectivity index (χ1v) is 7.07. The van der Waals surface area contributed by atoms with Crippen LogP contribution >= 0.6 is 43.2 Å². The fourth-order valence-corrected chi connectivity index (χ4v) is 2.92. The van der Waals surface area contributed by atoms with Crippen molar-refractivity contribution in [3.8, 4) is 0 Å². The highest BCUT2D eigenvalue weighted by atomic mass is 79.9. The maximum Gasteiger partial charge on any atom is 0.411 e. The van der Waals surface area contributed by atoms with Crippen LogP contribution in [0.1, 0.15) is 9.67 Å². The average Bonchev–Trinajstić information content (AvgIpc) is 2.57. The van der Waals surface area contributed by atoms with Crippen LogP contribution in [0.2, 0.25) is 0 Å². The Hall–Kier alpha value is -0.120. The predicted molar refractivity (Wildman–Crippen MR) is 68.9 cm³/mol. The number of thiophene rings is 1. The number of alkyl halides is 3. The van der Waals surface area contributed by atoms with Crippen LogP contribution in [0.4, 0.5) is 13.2 Å². The lowest BCUT2D eigenvalue weighted by atomic mass is 10.4. The number of carbonyl (C=O) groups is 1. The SMILES string of the molecule is O=C(NCCOCC(F)(F)F)c1cc(Br)c(Br)s1. The second-order valence-electron chi connectivity index (χ2n) is 3.16. The van der Waals surface area contributed by atoms with Crippen molar-refractivity contribution < 1.29 is 22.7 Å². The van der Waals surface area contributed by atoms with Gasteiger partial charge in [0, 0.05) is 11.0 Å². The Labute approximate surface area is 122 Å². The highest BCUT2D eigenvalue weighted by Gasteiger charge is 2.27. The Balaban J connectivity index is 2.26. The monoisotopic (exact) mass is 409 g/mol. The molecule has 0 aliphatic carbocycles. The van der Waals surface area contributed by atoms with Crippen LogP contribution in [0.15, 0.2) is 14.3 Å². The Morgan fingerprint density at radius 2 is 2.11 bits per heavy atom. The van der Waals surface area contributed by atoms with Crippen molar-refractivity contribution in [1.29, 1.82) is 0 Å². The number of hydrogen-bond acceptors (Lipinski definition) is 3. The van der Waals surface area contributed by atoms with Gasteiger partial charge in [0.25, 0.3) is 5.91 Å². The molecule has 1 rings (SSSR count). The first kappa shape index (κ1) is 15.9. The van der Waals surface area contributed by atoms with Crippen molar-refractivity contribution in [2.45, 2.75) is 6.18 Å². The molecule has 0 saturated heterocycles. The summed E-state index contributed by atoms with van der Waals surface area (Å²) in [6, 6.07) is 1.63. The molecule has 0 unspecified atom stereocenters. The summed E-state index contributed by atoms with van der Waals surface area (Å²) >= 11 is 7.70. The van der Waals surface area contributed by atoms with Crippen molar-refractivity contribution in [1.82, 2.24) is 5.32 Å². The highest BCUT2D eigenvalue weighted by molar-refractivity contribution is 9.13. The smallest absolute Gasteiger partial charge is 0.370 e. The van der Waals surface area contributed by atoms with Gasteiger partial charge in [0.05, 0.1) is 15.3 Å². The Morgan fingerprint density at radius 1 is 1.44 bits per heavy atom. The van der Waals surface area contributed by atoms with Gasteiger partial charge in [-0.2, -0.15) is 13.2 Å². The lowest BCUT2D eigenvalue weighted by Gasteiger charge is -2.07. The Morgan fingerprint density at radius 3 is 2.61 bits per heavy atom. The molecule has 0 radical (unpaired) electrons. The summed E-state index contributed by atoms with van der Waals surface area (Å²) in [5.41, 5.74) is 0. The molecule has 1 heterocycles. The molecule has 0 saturated carbocycles. The van der Waals surface area contributed by atoms with E-state index in [-0.39, 0.29) is 19.1 Å². The number of rotatable bonds is 5. The molecule has 0 atom stereocenters. The van der Waals surface area contributed by atoms with Crippen LogP contribution in [0.3, 0.4) is 0 Å². The van der Waals surface area contributed by atoms with E-state index >= 15 is 0 Å². The largest absolute Gasteiger partial charge is 0.411 e. The van der Waals surface area contributed by atoms with Gasteiger partial charge in [-0.1, -0.05) is 0 Å². The minimum atomic E-state index is -4.34. The minimum Gasteiger partial charge on any atom is -0.370 e. The molecule has 0 aliphatic heterocycles. The number of carbonyl (C=O) groups excluding carboxylic acids is 1. The summed E-state index contributed by atoms with van der Waals surface area (Å²) in [6.07, 6.45) is -4.34. The summed E-state index contributed by atoms with van der Waals surface area (Å²) in [4.78, 5) is 12.0. The summed E-state index contributed by atoms with van der Waals surface area (Å²) < 4.78 is 41.1. The molecule has 18 heavy (non-hydrogen) atoms. The summed E-state index contributed by atoms with van der Waals surface area (Å²) in [7, 11) is 0. The number of amides is 1. The summed E-state index contributed by atoms with van der Waals surface area (Å²) in [6.45, 7) is -1.46. The van der Waals surface area contributed by atoms with E-state index in [0.29, 0.717) is 4.88 Å². The lowest BCUT2D eigenvalue weighted by Crippen LogP contribution is -2.28. The molecule has 1 aromatic rings. The molecule has 0 fully saturated rings. The van der Waals surface area contributed by atoms with Crippen molar-refractivity contribution in [2.75, 3.05) is 19.8 Å². The molecular formula is C9H8Br2F3NO2S. The normalized spacial score (nSPS) is 11.6. The summed E-state index contributed by atoms with van der Waals surface area (Å²) in [5.74, 6) is -0.345. The van der Waals surface area contributed by atoms with Crippen molar-refractivity contribution in [2.24, 2.45) is 0 Å². The zero-order valence-corrected chi connectivity index (χ0v) is 12.8. The van der Waals surface area contributed by atoms with Gasteiger partial charge in [0.1, 0.15) is 6.61 Å². The van der Waals surface area contributed by atoms with Gasteiger partial charge in [0.2, 0.25) is 0 Å². The molecule has 1 aromatic heterocycles. The van der Waals surface area contributed by atoms with Crippen LogP contribution in [-0.2, 0) is 4.74 Å². The number of ether oxygens (including phenoxy) is 1. The molecule has 0 bridgehead atoms. The molecule has 0 aliphatic rings. The maximum absolute atomic E-state index is 11.7. The third kappa shape index (κ3) is 5.68. The number of halogens is 5. The van der Waals surface area contributed by atoms with Gasteiger partial charge in [-0.15, -0.1) is 11.3 Å². The fraction of sp³-hybridized carbons (Fsp3) is 0.444. The van der Waals surface area contributed by atoms with Gasteiger partial charge < -0.3 is 10.1 Å². The first-order chi connectivity index (χ1) is 8.29. The van der Waals surface area contributed by atoms with Crippen LogP contribution in [0.25, 0.3) is 0 Å².